The van der Waals surface area contributed by atoms with Crippen LogP contribution in [0.5, 0.6) is 0 Å². The summed E-state index contributed by atoms with van der Waals surface area (Å²) < 4.78 is 5.98. The first kappa shape index (κ1) is 11.0. The molecule has 0 aliphatic rings. The molecule has 6 heteroatoms. The van der Waals surface area contributed by atoms with Gasteiger partial charge in [-0.05, 0) is 23.7 Å². The van der Waals surface area contributed by atoms with Gasteiger partial charge in [0.2, 0.25) is 0 Å². The van der Waals surface area contributed by atoms with Crippen molar-refractivity contribution in [1.29, 1.82) is 5.26 Å². The minimum absolute atomic E-state index is 0.274. The fourth-order valence-corrected chi connectivity index (χ4v) is 2.27. The number of nitrogens with zero attached hydrogens (tertiary/aromatic N) is 3. The summed E-state index contributed by atoms with van der Waals surface area (Å²) >= 11 is 6.97. The molecule has 1 N–H and O–H groups in total. The third-order valence-electron chi connectivity index (χ3n) is 2.08. The number of anilines is 1. The van der Waals surface area contributed by atoms with Crippen LogP contribution in [0, 0.1) is 11.3 Å². The summed E-state index contributed by atoms with van der Waals surface area (Å²) in [5.41, 5.74) is 0.430. The SMILES string of the molecule is N#Cc1c(Cl)nsc1NCCn1cccc1. The van der Waals surface area contributed by atoms with E-state index in [1.165, 1.54) is 11.5 Å². The highest BCUT2D eigenvalue weighted by atomic mass is 35.5. The van der Waals surface area contributed by atoms with E-state index in [2.05, 4.69) is 14.3 Å². The van der Waals surface area contributed by atoms with Gasteiger partial charge in [0.1, 0.15) is 16.6 Å². The molecule has 4 nitrogen and oxygen atoms in total. The molecule has 0 spiro atoms. The van der Waals surface area contributed by atoms with Crippen molar-refractivity contribution in [2.45, 2.75) is 6.54 Å². The predicted molar refractivity (Wildman–Crippen MR) is 64.8 cm³/mol. The molecule has 2 heterocycles. The molecule has 0 aliphatic heterocycles. The van der Waals surface area contributed by atoms with E-state index < -0.39 is 0 Å². The van der Waals surface area contributed by atoms with Crippen LogP contribution in [0.4, 0.5) is 5.00 Å². The Balaban J connectivity index is 1.93. The number of hydrogen-bond acceptors (Lipinski definition) is 4. The van der Waals surface area contributed by atoms with E-state index in [0.717, 1.165) is 18.1 Å². The lowest BCUT2D eigenvalue weighted by Gasteiger charge is -2.04. The second-order valence-corrected chi connectivity index (χ2v) is 4.27. The van der Waals surface area contributed by atoms with Crippen LogP contribution in [0.25, 0.3) is 0 Å². The highest BCUT2D eigenvalue weighted by Gasteiger charge is 2.10. The number of hydrogen-bond donors (Lipinski definition) is 1. The molecule has 2 rings (SSSR count). The number of nitriles is 1. The van der Waals surface area contributed by atoms with Crippen molar-refractivity contribution in [3.05, 3.63) is 35.2 Å². The molecule has 0 radical (unpaired) electrons. The van der Waals surface area contributed by atoms with Gasteiger partial charge in [-0.1, -0.05) is 11.6 Å². The van der Waals surface area contributed by atoms with Crippen LogP contribution in [0.15, 0.2) is 24.5 Å². The second kappa shape index (κ2) is 5.01. The van der Waals surface area contributed by atoms with Crippen molar-refractivity contribution < 1.29 is 0 Å². The Labute approximate surface area is 102 Å². The summed E-state index contributed by atoms with van der Waals surface area (Å²) in [5.74, 6) is 0. The first-order valence-corrected chi connectivity index (χ1v) is 5.86. The van der Waals surface area contributed by atoms with Crippen molar-refractivity contribution >= 4 is 28.1 Å². The van der Waals surface area contributed by atoms with Gasteiger partial charge in [-0.3, -0.25) is 0 Å². The van der Waals surface area contributed by atoms with Gasteiger partial charge >= 0.3 is 0 Å². The highest BCUT2D eigenvalue weighted by molar-refractivity contribution is 7.10. The molecule has 16 heavy (non-hydrogen) atoms. The van der Waals surface area contributed by atoms with Gasteiger partial charge in [0.15, 0.2) is 5.15 Å². The van der Waals surface area contributed by atoms with E-state index in [9.17, 15) is 0 Å². The zero-order valence-electron chi connectivity index (χ0n) is 8.35. The lowest BCUT2D eigenvalue weighted by molar-refractivity contribution is 0.734. The number of halogens is 1. The maximum atomic E-state index is 8.86. The zero-order valence-corrected chi connectivity index (χ0v) is 9.92. The van der Waals surface area contributed by atoms with Crippen molar-refractivity contribution in [1.82, 2.24) is 8.94 Å². The molecular weight excluding hydrogens is 244 g/mol. The standard InChI is InChI=1S/C10H9ClN4S/c11-9-8(7-12)10(16-14-9)13-3-6-15-4-1-2-5-15/h1-2,4-5,13H,3,6H2. The molecule has 0 aliphatic carbocycles. The van der Waals surface area contributed by atoms with Gasteiger partial charge in [0.05, 0.1) is 0 Å². The molecular formula is C10H9ClN4S. The minimum atomic E-state index is 0.274. The lowest BCUT2D eigenvalue weighted by Crippen LogP contribution is -2.08. The van der Waals surface area contributed by atoms with Crippen molar-refractivity contribution in [3.63, 3.8) is 0 Å². The van der Waals surface area contributed by atoms with E-state index in [4.69, 9.17) is 16.9 Å². The Morgan fingerprint density at radius 3 is 2.94 bits per heavy atom. The van der Waals surface area contributed by atoms with Gasteiger partial charge in [-0.15, -0.1) is 0 Å². The molecule has 2 aromatic rings. The summed E-state index contributed by atoms with van der Waals surface area (Å²) in [7, 11) is 0. The minimum Gasteiger partial charge on any atom is -0.373 e. The molecule has 0 unspecified atom stereocenters. The summed E-state index contributed by atoms with van der Waals surface area (Å²) in [6.45, 7) is 1.58. The Morgan fingerprint density at radius 1 is 1.50 bits per heavy atom. The lowest BCUT2D eigenvalue weighted by atomic mass is 10.4. The smallest absolute Gasteiger partial charge is 0.162 e. The van der Waals surface area contributed by atoms with Gasteiger partial charge in [0, 0.05) is 25.5 Å². The number of nitrogens with one attached hydrogen (secondary N) is 1. The predicted octanol–water partition coefficient (Wildman–Crippen LogP) is 2.58. The van der Waals surface area contributed by atoms with Crippen LogP contribution in [-0.2, 0) is 6.54 Å². The molecule has 0 fully saturated rings. The number of rotatable bonds is 4. The molecule has 0 saturated heterocycles. The summed E-state index contributed by atoms with van der Waals surface area (Å²) in [5, 5.41) is 13.0. The molecule has 0 amide bonds. The van der Waals surface area contributed by atoms with Gasteiger partial charge in [-0.25, -0.2) is 0 Å². The summed E-state index contributed by atoms with van der Waals surface area (Å²) in [6.07, 6.45) is 3.99. The van der Waals surface area contributed by atoms with Crippen molar-refractivity contribution in [3.8, 4) is 6.07 Å². The summed E-state index contributed by atoms with van der Waals surface area (Å²) in [4.78, 5) is 0. The van der Waals surface area contributed by atoms with Crippen LogP contribution >= 0.6 is 23.1 Å². The van der Waals surface area contributed by atoms with Crippen molar-refractivity contribution in [2.24, 2.45) is 0 Å². The van der Waals surface area contributed by atoms with Crippen LogP contribution in [0.3, 0.4) is 0 Å². The maximum Gasteiger partial charge on any atom is 0.162 e. The van der Waals surface area contributed by atoms with Gasteiger partial charge in [-0.2, -0.15) is 9.64 Å². The fraction of sp³-hybridized carbons (Fsp3) is 0.200. The van der Waals surface area contributed by atoms with Crippen LogP contribution in [0.1, 0.15) is 5.56 Å². The highest BCUT2D eigenvalue weighted by Crippen LogP contribution is 2.27. The molecule has 0 saturated carbocycles. The topological polar surface area (TPSA) is 53.6 Å². The quantitative estimate of drug-likeness (QED) is 0.910. The first-order valence-electron chi connectivity index (χ1n) is 4.71. The van der Waals surface area contributed by atoms with Crippen LogP contribution in [0.2, 0.25) is 5.15 Å². The fourth-order valence-electron chi connectivity index (χ4n) is 1.31. The van der Waals surface area contributed by atoms with E-state index in [1.54, 1.807) is 0 Å². The molecule has 0 bridgehead atoms. The third kappa shape index (κ3) is 2.35. The van der Waals surface area contributed by atoms with Crippen LogP contribution < -0.4 is 5.32 Å². The van der Waals surface area contributed by atoms with E-state index >= 15 is 0 Å². The largest absolute Gasteiger partial charge is 0.373 e. The maximum absolute atomic E-state index is 8.86. The normalized spacial score (nSPS) is 10.0. The molecule has 0 atom stereocenters. The zero-order chi connectivity index (χ0) is 11.4. The molecule has 0 aromatic carbocycles. The van der Waals surface area contributed by atoms with Crippen molar-refractivity contribution in [2.75, 3.05) is 11.9 Å². The average molecular weight is 253 g/mol. The van der Waals surface area contributed by atoms with E-state index in [1.807, 2.05) is 30.6 Å². The Hall–Kier alpha value is -1.51. The van der Waals surface area contributed by atoms with E-state index in [0.29, 0.717) is 5.56 Å². The Bertz CT molecular complexity index is 497. The number of aromatic nitrogens is 2. The average Bonchev–Trinajstić information content (AvgIpc) is 2.89. The summed E-state index contributed by atoms with van der Waals surface area (Å²) in [6, 6.07) is 5.99. The molecule has 82 valence electrons. The molecule has 2 aromatic heterocycles. The second-order valence-electron chi connectivity index (χ2n) is 3.14. The van der Waals surface area contributed by atoms with E-state index in [-0.39, 0.29) is 5.15 Å². The Kier molecular flexibility index (Phi) is 3.44. The third-order valence-corrected chi connectivity index (χ3v) is 3.26. The van der Waals surface area contributed by atoms with Gasteiger partial charge in [0.25, 0.3) is 0 Å². The monoisotopic (exact) mass is 252 g/mol. The Morgan fingerprint density at radius 2 is 2.25 bits per heavy atom. The first-order chi connectivity index (χ1) is 7.81. The van der Waals surface area contributed by atoms with Crippen LogP contribution in [-0.4, -0.2) is 15.5 Å². The van der Waals surface area contributed by atoms with Gasteiger partial charge < -0.3 is 9.88 Å².